The molecule has 1 unspecified atom stereocenters. The Balaban J connectivity index is 1.72. The maximum atomic E-state index is 12.7. The molecule has 0 aromatic heterocycles. The van der Waals surface area contributed by atoms with Crippen LogP contribution in [0.25, 0.3) is 0 Å². The van der Waals surface area contributed by atoms with E-state index in [1.807, 2.05) is 38.1 Å². The number of nitrogens with zero attached hydrogens (tertiary/aromatic N) is 1. The quantitative estimate of drug-likeness (QED) is 0.747. The van der Waals surface area contributed by atoms with Crippen molar-refractivity contribution < 1.29 is 22.7 Å². The topological polar surface area (TPSA) is 84.9 Å². The summed E-state index contributed by atoms with van der Waals surface area (Å²) in [5.41, 5.74) is 1.34. The number of rotatable bonds is 7. The molecule has 1 N–H and O–H groups in total. The van der Waals surface area contributed by atoms with Crippen molar-refractivity contribution in [2.45, 2.75) is 39.5 Å². The van der Waals surface area contributed by atoms with E-state index in [9.17, 15) is 13.2 Å². The van der Waals surface area contributed by atoms with Crippen molar-refractivity contribution in [3.8, 4) is 11.5 Å². The molecule has 0 fully saturated rings. The van der Waals surface area contributed by atoms with Crippen molar-refractivity contribution in [1.82, 2.24) is 5.32 Å². The minimum absolute atomic E-state index is 0.0572. The monoisotopic (exact) mass is 418 g/mol. The fraction of sp³-hybridized carbons (Fsp3) is 0.381. The third kappa shape index (κ3) is 5.00. The molecule has 0 saturated heterocycles. The predicted octanol–water partition coefficient (Wildman–Crippen LogP) is 2.71. The van der Waals surface area contributed by atoms with Crippen molar-refractivity contribution >= 4 is 21.6 Å². The highest BCUT2D eigenvalue weighted by atomic mass is 32.2. The molecule has 1 atom stereocenters. The van der Waals surface area contributed by atoms with Gasteiger partial charge in [0.05, 0.1) is 24.1 Å². The average molecular weight is 419 g/mol. The molecule has 0 radical (unpaired) electrons. The summed E-state index contributed by atoms with van der Waals surface area (Å²) in [6, 6.07) is 14.3. The van der Waals surface area contributed by atoms with Gasteiger partial charge in [0, 0.05) is 6.54 Å². The van der Waals surface area contributed by atoms with Gasteiger partial charge >= 0.3 is 0 Å². The van der Waals surface area contributed by atoms with Gasteiger partial charge in [-0.15, -0.1) is 0 Å². The number of sulfonamides is 1. The predicted molar refractivity (Wildman–Crippen MR) is 112 cm³/mol. The molecule has 2 aromatic carbocycles. The summed E-state index contributed by atoms with van der Waals surface area (Å²) in [5.74, 6) is 0.683. The Morgan fingerprint density at radius 1 is 1.24 bits per heavy atom. The standard InChI is InChI=1S/C21H26N2O5S/c1-4-29(25,26)23-14-20(28-19-11-6-5-10-18(19)23)21(24)22-13-16-8-7-9-17(12-16)27-15(2)3/h5-12,15,20H,4,13-14H2,1-3H3,(H,22,24). The lowest BCUT2D eigenvalue weighted by molar-refractivity contribution is -0.127. The van der Waals surface area contributed by atoms with E-state index >= 15 is 0 Å². The molecule has 8 heteroatoms. The first kappa shape index (κ1) is 21.0. The summed E-state index contributed by atoms with van der Waals surface area (Å²) in [4.78, 5) is 12.7. The number of benzene rings is 2. The van der Waals surface area contributed by atoms with Gasteiger partial charge < -0.3 is 14.8 Å². The number of ether oxygens (including phenoxy) is 2. The number of fused-ring (bicyclic) bond motifs is 1. The zero-order chi connectivity index (χ0) is 21.0. The Labute approximate surface area is 171 Å². The maximum Gasteiger partial charge on any atom is 0.263 e. The molecule has 156 valence electrons. The van der Waals surface area contributed by atoms with Crippen LogP contribution < -0.4 is 19.1 Å². The van der Waals surface area contributed by atoms with Gasteiger partial charge in [-0.2, -0.15) is 0 Å². The van der Waals surface area contributed by atoms with Gasteiger partial charge in [-0.1, -0.05) is 24.3 Å². The summed E-state index contributed by atoms with van der Waals surface area (Å²) >= 11 is 0. The van der Waals surface area contributed by atoms with Gasteiger partial charge in [-0.05, 0) is 50.6 Å². The Morgan fingerprint density at radius 2 is 2.00 bits per heavy atom. The molecule has 7 nitrogen and oxygen atoms in total. The van der Waals surface area contributed by atoms with Crippen LogP contribution in [-0.2, 0) is 21.4 Å². The van der Waals surface area contributed by atoms with Crippen molar-refractivity contribution in [3.05, 3.63) is 54.1 Å². The first-order valence-electron chi connectivity index (χ1n) is 9.59. The van der Waals surface area contributed by atoms with E-state index in [-0.39, 0.29) is 30.9 Å². The second-order valence-electron chi connectivity index (χ2n) is 7.04. The van der Waals surface area contributed by atoms with Gasteiger partial charge in [0.2, 0.25) is 10.0 Å². The molecule has 0 saturated carbocycles. The summed E-state index contributed by atoms with van der Waals surface area (Å²) in [6.45, 7) is 5.70. The van der Waals surface area contributed by atoms with E-state index in [0.29, 0.717) is 11.4 Å². The Hall–Kier alpha value is -2.74. The lowest BCUT2D eigenvalue weighted by atomic mass is 10.2. The fourth-order valence-corrected chi connectivity index (χ4v) is 4.19. The molecule has 3 rings (SSSR count). The number of para-hydroxylation sites is 2. The number of hydrogen-bond acceptors (Lipinski definition) is 5. The van der Waals surface area contributed by atoms with E-state index in [0.717, 1.165) is 11.3 Å². The van der Waals surface area contributed by atoms with E-state index in [2.05, 4.69) is 5.32 Å². The van der Waals surface area contributed by atoms with Gasteiger partial charge in [-0.3, -0.25) is 9.10 Å². The minimum atomic E-state index is -3.53. The SMILES string of the molecule is CCS(=O)(=O)N1CC(C(=O)NCc2cccc(OC(C)C)c2)Oc2ccccc21. The second-order valence-corrected chi connectivity index (χ2v) is 9.22. The van der Waals surface area contributed by atoms with Crippen LogP contribution in [-0.4, -0.2) is 38.8 Å². The largest absolute Gasteiger partial charge is 0.491 e. The van der Waals surface area contributed by atoms with Gasteiger partial charge in [0.25, 0.3) is 5.91 Å². The van der Waals surface area contributed by atoms with Crippen molar-refractivity contribution in [2.75, 3.05) is 16.6 Å². The Bertz CT molecular complexity index is 975. The van der Waals surface area contributed by atoms with Crippen molar-refractivity contribution in [3.63, 3.8) is 0 Å². The maximum absolute atomic E-state index is 12.7. The summed E-state index contributed by atoms with van der Waals surface area (Å²) in [6.07, 6.45) is -0.872. The van der Waals surface area contributed by atoms with Crippen LogP contribution in [0.1, 0.15) is 26.3 Å². The highest BCUT2D eigenvalue weighted by molar-refractivity contribution is 7.92. The van der Waals surface area contributed by atoms with Gasteiger partial charge in [-0.25, -0.2) is 8.42 Å². The summed E-state index contributed by atoms with van der Waals surface area (Å²) < 4.78 is 37.7. The highest BCUT2D eigenvalue weighted by Gasteiger charge is 2.35. The molecule has 1 amide bonds. The molecule has 0 aliphatic carbocycles. The highest BCUT2D eigenvalue weighted by Crippen LogP contribution is 2.35. The molecule has 2 aromatic rings. The lowest BCUT2D eigenvalue weighted by Gasteiger charge is -2.34. The second kappa shape index (κ2) is 8.73. The number of amides is 1. The molecule has 0 spiro atoms. The number of anilines is 1. The molecular formula is C21H26N2O5S. The summed E-state index contributed by atoms with van der Waals surface area (Å²) in [5, 5.41) is 2.83. The van der Waals surface area contributed by atoms with Crippen LogP contribution in [0.5, 0.6) is 11.5 Å². The van der Waals surface area contributed by atoms with E-state index in [4.69, 9.17) is 9.47 Å². The van der Waals surface area contributed by atoms with Crippen LogP contribution in [0.15, 0.2) is 48.5 Å². The first-order chi connectivity index (χ1) is 13.8. The van der Waals surface area contributed by atoms with Crippen LogP contribution in [0, 0.1) is 0 Å². The lowest BCUT2D eigenvalue weighted by Crippen LogP contribution is -2.50. The number of carbonyl (C=O) groups excluding carboxylic acids is 1. The van der Waals surface area contributed by atoms with Gasteiger partial charge in [0.1, 0.15) is 11.5 Å². The van der Waals surface area contributed by atoms with E-state index in [1.165, 1.54) is 4.31 Å². The Morgan fingerprint density at radius 3 is 2.72 bits per heavy atom. The normalized spacial score (nSPS) is 16.1. The van der Waals surface area contributed by atoms with Crippen LogP contribution in [0.4, 0.5) is 5.69 Å². The van der Waals surface area contributed by atoms with Gasteiger partial charge in [0.15, 0.2) is 6.10 Å². The van der Waals surface area contributed by atoms with Crippen LogP contribution >= 0.6 is 0 Å². The zero-order valence-electron chi connectivity index (χ0n) is 16.8. The summed E-state index contributed by atoms with van der Waals surface area (Å²) in [7, 11) is -3.53. The van der Waals surface area contributed by atoms with Crippen LogP contribution in [0.3, 0.4) is 0 Å². The number of hydrogen-bond donors (Lipinski definition) is 1. The average Bonchev–Trinajstić information content (AvgIpc) is 2.71. The van der Waals surface area contributed by atoms with Crippen molar-refractivity contribution in [1.29, 1.82) is 0 Å². The minimum Gasteiger partial charge on any atom is -0.491 e. The molecule has 1 aliphatic heterocycles. The first-order valence-corrected chi connectivity index (χ1v) is 11.2. The molecule has 1 heterocycles. The van der Waals surface area contributed by atoms with Crippen molar-refractivity contribution in [2.24, 2.45) is 0 Å². The molecular weight excluding hydrogens is 392 g/mol. The number of carbonyl (C=O) groups is 1. The molecule has 29 heavy (non-hydrogen) atoms. The Kier molecular flexibility index (Phi) is 6.32. The van der Waals surface area contributed by atoms with E-state index < -0.39 is 16.1 Å². The third-order valence-corrected chi connectivity index (χ3v) is 6.21. The fourth-order valence-electron chi connectivity index (χ4n) is 3.06. The zero-order valence-corrected chi connectivity index (χ0v) is 17.6. The van der Waals surface area contributed by atoms with Crippen LogP contribution in [0.2, 0.25) is 0 Å². The smallest absolute Gasteiger partial charge is 0.263 e. The molecule has 1 aliphatic rings. The molecule has 0 bridgehead atoms. The van der Waals surface area contributed by atoms with E-state index in [1.54, 1.807) is 31.2 Å². The number of nitrogens with one attached hydrogen (secondary N) is 1. The third-order valence-electron chi connectivity index (χ3n) is 4.46.